The number of urea groups is 1. The van der Waals surface area contributed by atoms with Crippen LogP contribution in [0.3, 0.4) is 0 Å². The molecule has 3 amide bonds. The molecule has 0 aromatic rings. The first-order valence-electron chi connectivity index (χ1n) is 4.11. The third-order valence-corrected chi connectivity index (χ3v) is 2.21. The highest BCUT2D eigenvalue weighted by molar-refractivity contribution is 6.06. The minimum atomic E-state index is -0.666. The molecule has 1 rings (SSSR count). The average Bonchev–Trinajstić information content (AvgIpc) is 2.17. The Kier molecular flexibility index (Phi) is 2.08. The van der Waals surface area contributed by atoms with E-state index in [1.165, 1.54) is 7.05 Å². The second-order valence-corrected chi connectivity index (χ2v) is 3.38. The molecular formula is C8H14N2O2. The predicted octanol–water partition coefficient (Wildman–Crippen LogP) is 0.727. The van der Waals surface area contributed by atoms with Crippen LogP contribution in [0.1, 0.15) is 26.7 Å². The van der Waals surface area contributed by atoms with Crippen LogP contribution in [0, 0.1) is 0 Å². The number of carbonyl (C=O) groups is 2. The third-order valence-electron chi connectivity index (χ3n) is 2.21. The summed E-state index contributed by atoms with van der Waals surface area (Å²) in [5, 5.41) is 2.67. The maximum atomic E-state index is 11.5. The third kappa shape index (κ3) is 1.17. The Labute approximate surface area is 71.9 Å². The van der Waals surface area contributed by atoms with E-state index in [-0.39, 0.29) is 11.9 Å². The fraction of sp³-hybridized carbons (Fsp3) is 0.750. The topological polar surface area (TPSA) is 49.4 Å². The van der Waals surface area contributed by atoms with E-state index in [1.54, 1.807) is 6.92 Å². The molecule has 1 N–H and O–H groups in total. The molecular weight excluding hydrogens is 156 g/mol. The van der Waals surface area contributed by atoms with E-state index in [4.69, 9.17) is 0 Å². The van der Waals surface area contributed by atoms with Crippen LogP contribution in [0.15, 0.2) is 0 Å². The minimum absolute atomic E-state index is 0.130. The SMILES string of the molecule is CCCC1(C)NC(=O)N(C)C1=O. The van der Waals surface area contributed by atoms with Crippen molar-refractivity contribution in [1.29, 1.82) is 0 Å². The van der Waals surface area contributed by atoms with Gasteiger partial charge in [0.2, 0.25) is 0 Å². The molecule has 1 heterocycles. The molecule has 0 aromatic carbocycles. The number of hydrogen-bond acceptors (Lipinski definition) is 2. The summed E-state index contributed by atoms with van der Waals surface area (Å²) in [6.07, 6.45) is 1.58. The molecule has 1 aliphatic heterocycles. The first kappa shape index (κ1) is 9.03. The van der Waals surface area contributed by atoms with E-state index in [9.17, 15) is 9.59 Å². The van der Waals surface area contributed by atoms with Crippen molar-refractivity contribution in [3.05, 3.63) is 0 Å². The largest absolute Gasteiger partial charge is 0.324 e. The van der Waals surface area contributed by atoms with E-state index in [0.717, 1.165) is 11.3 Å². The number of amides is 3. The van der Waals surface area contributed by atoms with Crippen LogP contribution in [0.25, 0.3) is 0 Å². The highest BCUT2D eigenvalue weighted by Gasteiger charge is 2.44. The zero-order valence-electron chi connectivity index (χ0n) is 7.68. The maximum absolute atomic E-state index is 11.5. The molecule has 0 radical (unpaired) electrons. The van der Waals surface area contributed by atoms with Crippen molar-refractivity contribution in [2.24, 2.45) is 0 Å². The monoisotopic (exact) mass is 170 g/mol. The van der Waals surface area contributed by atoms with Gasteiger partial charge in [-0.1, -0.05) is 13.3 Å². The lowest BCUT2D eigenvalue weighted by atomic mass is 9.97. The molecule has 1 atom stereocenters. The van der Waals surface area contributed by atoms with Crippen molar-refractivity contribution in [3.63, 3.8) is 0 Å². The second kappa shape index (κ2) is 2.77. The molecule has 68 valence electrons. The normalized spacial score (nSPS) is 29.4. The summed E-state index contributed by atoms with van der Waals surface area (Å²) in [7, 11) is 1.50. The number of nitrogens with one attached hydrogen (secondary N) is 1. The van der Waals surface area contributed by atoms with E-state index >= 15 is 0 Å². The fourth-order valence-electron chi connectivity index (χ4n) is 1.51. The summed E-state index contributed by atoms with van der Waals surface area (Å²) in [5.74, 6) is -0.130. The highest BCUT2D eigenvalue weighted by Crippen LogP contribution is 2.20. The van der Waals surface area contributed by atoms with Crippen LogP contribution >= 0.6 is 0 Å². The molecule has 12 heavy (non-hydrogen) atoms. The lowest BCUT2D eigenvalue weighted by molar-refractivity contribution is -0.130. The number of nitrogens with zero attached hydrogens (tertiary/aromatic N) is 1. The lowest BCUT2D eigenvalue weighted by Gasteiger charge is -2.19. The van der Waals surface area contributed by atoms with Gasteiger partial charge in [0, 0.05) is 7.05 Å². The molecule has 0 bridgehead atoms. The molecule has 0 spiro atoms. The molecule has 0 aliphatic carbocycles. The summed E-state index contributed by atoms with van der Waals surface area (Å²) >= 11 is 0. The number of hydrogen-bond donors (Lipinski definition) is 1. The molecule has 1 fully saturated rings. The fourth-order valence-corrected chi connectivity index (χ4v) is 1.51. The standard InChI is InChI=1S/C8H14N2O2/c1-4-5-8(2)6(11)10(3)7(12)9-8/h4-5H2,1-3H3,(H,9,12). The van der Waals surface area contributed by atoms with Crippen molar-refractivity contribution in [1.82, 2.24) is 10.2 Å². The Balaban J connectivity index is 2.82. The van der Waals surface area contributed by atoms with Gasteiger partial charge < -0.3 is 5.32 Å². The van der Waals surface area contributed by atoms with Gasteiger partial charge in [0.1, 0.15) is 5.54 Å². The molecule has 0 aromatic heterocycles. The molecule has 0 saturated carbocycles. The predicted molar refractivity (Wildman–Crippen MR) is 44.6 cm³/mol. The van der Waals surface area contributed by atoms with Crippen LogP contribution in [0.2, 0.25) is 0 Å². The Morgan fingerprint density at radius 2 is 2.08 bits per heavy atom. The summed E-state index contributed by atoms with van der Waals surface area (Å²) in [5.41, 5.74) is -0.666. The van der Waals surface area contributed by atoms with Gasteiger partial charge in [-0.15, -0.1) is 0 Å². The van der Waals surface area contributed by atoms with E-state index in [2.05, 4.69) is 5.32 Å². The van der Waals surface area contributed by atoms with Crippen molar-refractivity contribution >= 4 is 11.9 Å². The Morgan fingerprint density at radius 3 is 2.42 bits per heavy atom. The Bertz CT molecular complexity index is 227. The first-order valence-corrected chi connectivity index (χ1v) is 4.11. The molecule has 1 aliphatic rings. The van der Waals surface area contributed by atoms with Gasteiger partial charge in [-0.25, -0.2) is 4.79 Å². The summed E-state index contributed by atoms with van der Waals surface area (Å²) < 4.78 is 0. The smallest absolute Gasteiger partial charge is 0.323 e. The van der Waals surface area contributed by atoms with Crippen LogP contribution < -0.4 is 5.32 Å². The van der Waals surface area contributed by atoms with Crippen LogP contribution in [-0.4, -0.2) is 29.4 Å². The number of imide groups is 1. The first-order chi connectivity index (χ1) is 5.51. The second-order valence-electron chi connectivity index (χ2n) is 3.38. The molecule has 1 unspecified atom stereocenters. The zero-order chi connectivity index (χ0) is 9.35. The summed E-state index contributed by atoms with van der Waals surface area (Å²) in [6.45, 7) is 3.75. The van der Waals surface area contributed by atoms with E-state index in [1.807, 2.05) is 6.92 Å². The zero-order valence-corrected chi connectivity index (χ0v) is 7.68. The molecule has 1 saturated heterocycles. The van der Waals surface area contributed by atoms with E-state index < -0.39 is 5.54 Å². The molecule has 4 nitrogen and oxygen atoms in total. The Hall–Kier alpha value is -1.06. The van der Waals surface area contributed by atoms with E-state index in [0.29, 0.717) is 6.42 Å². The Morgan fingerprint density at radius 1 is 1.50 bits per heavy atom. The van der Waals surface area contributed by atoms with Crippen molar-refractivity contribution < 1.29 is 9.59 Å². The van der Waals surface area contributed by atoms with Gasteiger partial charge in [0.05, 0.1) is 0 Å². The highest BCUT2D eigenvalue weighted by atomic mass is 16.2. The average molecular weight is 170 g/mol. The quantitative estimate of drug-likeness (QED) is 0.621. The van der Waals surface area contributed by atoms with Crippen LogP contribution in [0.4, 0.5) is 4.79 Å². The van der Waals surface area contributed by atoms with Gasteiger partial charge >= 0.3 is 6.03 Å². The minimum Gasteiger partial charge on any atom is -0.323 e. The van der Waals surface area contributed by atoms with Gasteiger partial charge in [-0.3, -0.25) is 9.69 Å². The van der Waals surface area contributed by atoms with Crippen molar-refractivity contribution in [2.45, 2.75) is 32.2 Å². The lowest BCUT2D eigenvalue weighted by Crippen LogP contribution is -2.43. The number of carbonyl (C=O) groups excluding carboxylic acids is 2. The van der Waals surface area contributed by atoms with Gasteiger partial charge in [-0.05, 0) is 13.3 Å². The van der Waals surface area contributed by atoms with Crippen LogP contribution in [0.5, 0.6) is 0 Å². The molecule has 4 heteroatoms. The number of likely N-dealkylation sites (N-methyl/N-ethyl adjacent to an activating group) is 1. The maximum Gasteiger partial charge on any atom is 0.324 e. The van der Waals surface area contributed by atoms with Crippen LogP contribution in [-0.2, 0) is 4.79 Å². The van der Waals surface area contributed by atoms with Gasteiger partial charge in [0.25, 0.3) is 5.91 Å². The van der Waals surface area contributed by atoms with Gasteiger partial charge in [0.15, 0.2) is 0 Å². The summed E-state index contributed by atoms with van der Waals surface area (Å²) in [6, 6.07) is -0.295. The van der Waals surface area contributed by atoms with Crippen molar-refractivity contribution in [3.8, 4) is 0 Å². The summed E-state index contributed by atoms with van der Waals surface area (Å²) in [4.78, 5) is 23.7. The number of rotatable bonds is 2. The van der Waals surface area contributed by atoms with Crippen molar-refractivity contribution in [2.75, 3.05) is 7.05 Å². The van der Waals surface area contributed by atoms with Gasteiger partial charge in [-0.2, -0.15) is 0 Å².